The number of hydrogen-bond donors (Lipinski definition) is 3. The first-order valence-electron chi connectivity index (χ1n) is 13.3. The highest BCUT2D eigenvalue weighted by molar-refractivity contribution is 6.01. The van der Waals surface area contributed by atoms with Crippen LogP contribution in [-0.2, 0) is 24.4 Å². The lowest BCUT2D eigenvalue weighted by Crippen LogP contribution is -2.39. The lowest BCUT2D eigenvalue weighted by atomic mass is 10.0. The molecule has 0 unspecified atom stereocenters. The second kappa shape index (κ2) is 12.1. The highest BCUT2D eigenvalue weighted by Crippen LogP contribution is 2.38. The Morgan fingerprint density at radius 2 is 1.90 bits per heavy atom. The van der Waals surface area contributed by atoms with E-state index in [1.54, 1.807) is 31.4 Å². The highest BCUT2D eigenvalue weighted by Gasteiger charge is 2.35. The number of aryl methyl sites for hydroxylation is 2. The Labute approximate surface area is 234 Å². The van der Waals surface area contributed by atoms with E-state index in [0.717, 1.165) is 37.7 Å². The van der Waals surface area contributed by atoms with Crippen LogP contribution in [0.15, 0.2) is 48.7 Å². The standard InChI is InChI=1S/C28H31F3N8O2/c1-3-18-5-4-6-20(15-18)34-27(40)35-23-8-7-19(16-22(23)28(29,30)31)24-21-17-33-26(36-25(21)38(2)37-24)32-9-10-39-11-13-41-14-12-39/h4-8,15-17H,3,9-14H2,1-2H3,(H,32,33,36)(H2,34,35,40). The summed E-state index contributed by atoms with van der Waals surface area (Å²) in [5.41, 5.74) is 1.13. The first-order valence-corrected chi connectivity index (χ1v) is 13.3. The van der Waals surface area contributed by atoms with E-state index in [4.69, 9.17) is 4.74 Å². The van der Waals surface area contributed by atoms with Crippen LogP contribution in [0.25, 0.3) is 22.3 Å². The minimum atomic E-state index is -4.72. The van der Waals surface area contributed by atoms with Gasteiger partial charge in [0.25, 0.3) is 0 Å². The fourth-order valence-corrected chi connectivity index (χ4v) is 4.68. The molecule has 1 aliphatic heterocycles. The number of ether oxygens (including phenoxy) is 1. The number of halogens is 3. The molecule has 0 radical (unpaired) electrons. The Bertz CT molecular complexity index is 1530. The van der Waals surface area contributed by atoms with Gasteiger partial charge in [0.2, 0.25) is 5.95 Å². The first-order chi connectivity index (χ1) is 19.7. The van der Waals surface area contributed by atoms with Crippen molar-refractivity contribution in [3.8, 4) is 11.3 Å². The molecule has 3 N–H and O–H groups in total. The van der Waals surface area contributed by atoms with Crippen LogP contribution < -0.4 is 16.0 Å². The summed E-state index contributed by atoms with van der Waals surface area (Å²) in [5.74, 6) is 0.409. The maximum Gasteiger partial charge on any atom is 0.418 e. The van der Waals surface area contributed by atoms with E-state index in [9.17, 15) is 18.0 Å². The molecule has 10 nitrogen and oxygen atoms in total. The van der Waals surface area contributed by atoms with Gasteiger partial charge in [-0.2, -0.15) is 23.3 Å². The maximum atomic E-state index is 14.1. The zero-order valence-corrected chi connectivity index (χ0v) is 22.8. The van der Waals surface area contributed by atoms with E-state index in [-0.39, 0.29) is 11.3 Å². The molecular weight excluding hydrogens is 537 g/mol. The van der Waals surface area contributed by atoms with Gasteiger partial charge in [-0.05, 0) is 36.2 Å². The highest BCUT2D eigenvalue weighted by atomic mass is 19.4. The summed E-state index contributed by atoms with van der Waals surface area (Å²) >= 11 is 0. The van der Waals surface area contributed by atoms with Crippen molar-refractivity contribution < 1.29 is 22.7 Å². The van der Waals surface area contributed by atoms with E-state index < -0.39 is 17.8 Å². The average Bonchev–Trinajstić information content (AvgIpc) is 3.29. The van der Waals surface area contributed by atoms with Gasteiger partial charge >= 0.3 is 12.2 Å². The van der Waals surface area contributed by atoms with Crippen LogP contribution in [0, 0.1) is 0 Å². The van der Waals surface area contributed by atoms with Crippen LogP contribution in [0.4, 0.5) is 35.3 Å². The van der Waals surface area contributed by atoms with Crippen molar-refractivity contribution in [2.24, 2.45) is 7.05 Å². The number of anilines is 3. The summed E-state index contributed by atoms with van der Waals surface area (Å²) in [7, 11) is 1.68. The quantitative estimate of drug-likeness (QED) is 0.275. The molecule has 0 aliphatic carbocycles. The molecule has 2 aromatic carbocycles. The third-order valence-corrected chi connectivity index (χ3v) is 6.83. The number of morpholine rings is 1. The Morgan fingerprint density at radius 3 is 2.66 bits per heavy atom. The molecule has 2 amide bonds. The summed E-state index contributed by atoms with van der Waals surface area (Å²) in [5, 5.41) is 13.1. The molecule has 13 heteroatoms. The van der Waals surface area contributed by atoms with Gasteiger partial charge in [0.1, 0.15) is 5.69 Å². The molecular formula is C28H31F3N8O2. The number of rotatable bonds is 8. The van der Waals surface area contributed by atoms with E-state index in [1.165, 1.54) is 16.8 Å². The van der Waals surface area contributed by atoms with Crippen LogP contribution in [0.3, 0.4) is 0 Å². The van der Waals surface area contributed by atoms with Crippen molar-refractivity contribution in [1.82, 2.24) is 24.6 Å². The molecule has 0 atom stereocenters. The third-order valence-electron chi connectivity index (χ3n) is 6.83. The molecule has 0 bridgehead atoms. The number of fused-ring (bicyclic) bond motifs is 1. The molecule has 2 aromatic heterocycles. The lowest BCUT2D eigenvalue weighted by Gasteiger charge is -2.26. The normalized spacial score (nSPS) is 14.3. The van der Waals surface area contributed by atoms with Crippen LogP contribution in [0.2, 0.25) is 0 Å². The van der Waals surface area contributed by atoms with Crippen LogP contribution in [0.1, 0.15) is 18.1 Å². The number of urea groups is 1. The smallest absolute Gasteiger partial charge is 0.379 e. The molecule has 0 saturated carbocycles. The van der Waals surface area contributed by atoms with Crippen LogP contribution >= 0.6 is 0 Å². The number of nitrogens with zero attached hydrogens (tertiary/aromatic N) is 5. The topological polar surface area (TPSA) is 109 Å². The van der Waals surface area contributed by atoms with Crippen molar-refractivity contribution in [1.29, 1.82) is 0 Å². The number of hydrogen-bond acceptors (Lipinski definition) is 7. The largest absolute Gasteiger partial charge is 0.418 e. The SMILES string of the molecule is CCc1cccc(NC(=O)Nc2ccc(-c3nn(C)c4nc(NCCN5CCOCC5)ncc34)cc2C(F)(F)F)c1. The Hall–Kier alpha value is -4.23. The summed E-state index contributed by atoms with van der Waals surface area (Å²) in [6.45, 7) is 6.60. The number of carbonyl (C=O) groups excluding carboxylic acids is 1. The van der Waals surface area contributed by atoms with Crippen molar-refractivity contribution in [2.45, 2.75) is 19.5 Å². The van der Waals surface area contributed by atoms with Gasteiger partial charge in [-0.15, -0.1) is 0 Å². The predicted molar refractivity (Wildman–Crippen MR) is 151 cm³/mol. The zero-order valence-electron chi connectivity index (χ0n) is 22.8. The lowest BCUT2D eigenvalue weighted by molar-refractivity contribution is -0.136. The van der Waals surface area contributed by atoms with Gasteiger partial charge in [-0.25, -0.2) is 14.5 Å². The van der Waals surface area contributed by atoms with E-state index in [1.807, 2.05) is 13.0 Å². The second-order valence-corrected chi connectivity index (χ2v) is 9.68. The molecule has 1 aliphatic rings. The number of amides is 2. The molecule has 1 fully saturated rings. The molecule has 0 spiro atoms. The maximum absolute atomic E-state index is 14.1. The fourth-order valence-electron chi connectivity index (χ4n) is 4.68. The Balaban J connectivity index is 1.35. The molecule has 41 heavy (non-hydrogen) atoms. The fraction of sp³-hybridized carbons (Fsp3) is 0.357. The van der Waals surface area contributed by atoms with Crippen molar-refractivity contribution in [3.05, 3.63) is 59.8 Å². The Kier molecular flexibility index (Phi) is 8.36. The summed E-state index contributed by atoms with van der Waals surface area (Å²) < 4.78 is 49.2. The second-order valence-electron chi connectivity index (χ2n) is 9.68. The molecule has 5 rings (SSSR count). The zero-order chi connectivity index (χ0) is 29.0. The van der Waals surface area contributed by atoms with Gasteiger partial charge in [0, 0.05) is 50.7 Å². The number of nitrogens with one attached hydrogen (secondary N) is 3. The van der Waals surface area contributed by atoms with Gasteiger partial charge < -0.3 is 20.7 Å². The molecule has 1 saturated heterocycles. The van der Waals surface area contributed by atoms with Gasteiger partial charge in [0.15, 0.2) is 5.65 Å². The van der Waals surface area contributed by atoms with Crippen molar-refractivity contribution >= 4 is 34.4 Å². The number of carbonyl (C=O) groups is 1. The summed E-state index contributed by atoms with van der Waals surface area (Å²) in [6.07, 6.45) is -2.41. The van der Waals surface area contributed by atoms with E-state index in [0.29, 0.717) is 48.1 Å². The number of benzene rings is 2. The minimum Gasteiger partial charge on any atom is -0.379 e. The third kappa shape index (κ3) is 6.74. The number of aromatic nitrogens is 4. The average molecular weight is 569 g/mol. The number of alkyl halides is 3. The predicted octanol–water partition coefficient (Wildman–Crippen LogP) is 5.00. The Morgan fingerprint density at radius 1 is 1.10 bits per heavy atom. The van der Waals surface area contributed by atoms with E-state index in [2.05, 4.69) is 35.9 Å². The van der Waals surface area contributed by atoms with Gasteiger partial charge in [-0.1, -0.05) is 25.1 Å². The molecule has 3 heterocycles. The van der Waals surface area contributed by atoms with Crippen LogP contribution in [-0.4, -0.2) is 70.1 Å². The summed E-state index contributed by atoms with van der Waals surface area (Å²) in [6, 6.07) is 10.0. The molecule has 4 aromatic rings. The molecule has 216 valence electrons. The first kappa shape index (κ1) is 28.3. The van der Waals surface area contributed by atoms with Gasteiger partial charge in [-0.3, -0.25) is 4.90 Å². The van der Waals surface area contributed by atoms with Crippen molar-refractivity contribution in [2.75, 3.05) is 55.3 Å². The summed E-state index contributed by atoms with van der Waals surface area (Å²) in [4.78, 5) is 23.7. The van der Waals surface area contributed by atoms with Crippen LogP contribution in [0.5, 0.6) is 0 Å². The van der Waals surface area contributed by atoms with Crippen molar-refractivity contribution in [3.63, 3.8) is 0 Å². The van der Waals surface area contributed by atoms with Gasteiger partial charge in [0.05, 0.1) is 29.9 Å². The van der Waals surface area contributed by atoms with E-state index >= 15 is 0 Å². The monoisotopic (exact) mass is 568 g/mol. The minimum absolute atomic E-state index is 0.223.